The summed E-state index contributed by atoms with van der Waals surface area (Å²) in [6.45, 7) is 0. The lowest BCUT2D eigenvalue weighted by atomic mass is 10.1. The van der Waals surface area contributed by atoms with Gasteiger partial charge in [-0.1, -0.05) is 54.6 Å². The SMILES string of the molecule is O=C(OOc1cccc2ccccc12)c1ccccc1. The Morgan fingerprint density at radius 2 is 1.45 bits per heavy atom. The molecule has 0 spiro atoms. The third-order valence-electron chi connectivity index (χ3n) is 2.97. The van der Waals surface area contributed by atoms with Crippen LogP contribution < -0.4 is 4.89 Å². The highest BCUT2D eigenvalue weighted by molar-refractivity contribution is 5.90. The van der Waals surface area contributed by atoms with Crippen LogP contribution in [0.2, 0.25) is 0 Å². The van der Waals surface area contributed by atoms with Gasteiger partial charge < -0.3 is 0 Å². The van der Waals surface area contributed by atoms with Crippen LogP contribution in [0.5, 0.6) is 5.75 Å². The lowest BCUT2D eigenvalue weighted by Crippen LogP contribution is -2.08. The molecule has 0 saturated heterocycles. The van der Waals surface area contributed by atoms with Crippen LogP contribution in [0, 0.1) is 0 Å². The second-order valence-corrected chi connectivity index (χ2v) is 4.30. The van der Waals surface area contributed by atoms with Crippen molar-refractivity contribution in [1.29, 1.82) is 0 Å². The van der Waals surface area contributed by atoms with Crippen molar-refractivity contribution in [2.75, 3.05) is 0 Å². The van der Waals surface area contributed by atoms with Crippen molar-refractivity contribution in [1.82, 2.24) is 0 Å². The van der Waals surface area contributed by atoms with Crippen LogP contribution in [0.1, 0.15) is 10.4 Å². The Labute approximate surface area is 116 Å². The fourth-order valence-electron chi connectivity index (χ4n) is 1.97. The zero-order chi connectivity index (χ0) is 13.8. The highest BCUT2D eigenvalue weighted by atomic mass is 17.2. The summed E-state index contributed by atoms with van der Waals surface area (Å²) in [6.07, 6.45) is 0. The molecule has 0 atom stereocenters. The first-order chi connectivity index (χ1) is 9.84. The van der Waals surface area contributed by atoms with Crippen LogP contribution in [-0.4, -0.2) is 5.97 Å². The van der Waals surface area contributed by atoms with E-state index in [0.717, 1.165) is 10.8 Å². The molecule has 98 valence electrons. The predicted molar refractivity (Wildman–Crippen MR) is 76.4 cm³/mol. The van der Waals surface area contributed by atoms with Gasteiger partial charge in [0.15, 0.2) is 5.75 Å². The molecule has 3 nitrogen and oxygen atoms in total. The van der Waals surface area contributed by atoms with Gasteiger partial charge in [0.05, 0.1) is 5.56 Å². The van der Waals surface area contributed by atoms with Gasteiger partial charge in [0.1, 0.15) is 0 Å². The first kappa shape index (κ1) is 12.2. The summed E-state index contributed by atoms with van der Waals surface area (Å²) in [5, 5.41) is 1.93. The van der Waals surface area contributed by atoms with E-state index in [4.69, 9.17) is 9.78 Å². The van der Waals surface area contributed by atoms with Crippen LogP contribution in [0.4, 0.5) is 0 Å². The molecule has 0 amide bonds. The van der Waals surface area contributed by atoms with E-state index < -0.39 is 5.97 Å². The van der Waals surface area contributed by atoms with Gasteiger partial charge >= 0.3 is 5.97 Å². The van der Waals surface area contributed by atoms with Crippen molar-refractivity contribution in [3.63, 3.8) is 0 Å². The van der Waals surface area contributed by atoms with Gasteiger partial charge in [-0.3, -0.25) is 4.89 Å². The molecule has 0 saturated carbocycles. The standard InChI is InChI=1S/C17H12O3/c18-17(14-8-2-1-3-9-14)20-19-16-12-6-10-13-7-4-5-11-15(13)16/h1-12H. The van der Waals surface area contributed by atoms with Crippen molar-refractivity contribution >= 4 is 16.7 Å². The lowest BCUT2D eigenvalue weighted by Gasteiger charge is -2.07. The number of carbonyl (C=O) groups is 1. The smallest absolute Gasteiger partial charge is 0.286 e. The highest BCUT2D eigenvalue weighted by Gasteiger charge is 2.09. The monoisotopic (exact) mass is 264 g/mol. The summed E-state index contributed by atoms with van der Waals surface area (Å²) in [7, 11) is 0. The maximum absolute atomic E-state index is 11.8. The Morgan fingerprint density at radius 3 is 2.30 bits per heavy atom. The minimum absolute atomic E-state index is 0.452. The first-order valence-electron chi connectivity index (χ1n) is 6.26. The lowest BCUT2D eigenvalue weighted by molar-refractivity contribution is -0.148. The van der Waals surface area contributed by atoms with Gasteiger partial charge in [-0.2, -0.15) is 0 Å². The van der Waals surface area contributed by atoms with Crippen molar-refractivity contribution < 1.29 is 14.6 Å². The molecule has 0 radical (unpaired) electrons. The van der Waals surface area contributed by atoms with E-state index in [0.29, 0.717) is 11.3 Å². The Hall–Kier alpha value is -2.81. The Morgan fingerprint density at radius 1 is 0.750 bits per heavy atom. The van der Waals surface area contributed by atoms with Crippen molar-refractivity contribution in [2.24, 2.45) is 0 Å². The summed E-state index contributed by atoms with van der Waals surface area (Å²) in [4.78, 5) is 21.9. The van der Waals surface area contributed by atoms with Crippen LogP contribution in [0.15, 0.2) is 72.8 Å². The van der Waals surface area contributed by atoms with E-state index in [9.17, 15) is 4.79 Å². The largest absolute Gasteiger partial charge is 0.386 e. The molecule has 0 aromatic heterocycles. The zero-order valence-corrected chi connectivity index (χ0v) is 10.7. The summed E-state index contributed by atoms with van der Waals surface area (Å²) >= 11 is 0. The average molecular weight is 264 g/mol. The predicted octanol–water partition coefficient (Wildman–Crippen LogP) is 3.99. The molecule has 0 fully saturated rings. The van der Waals surface area contributed by atoms with Gasteiger partial charge in [0.2, 0.25) is 0 Å². The van der Waals surface area contributed by atoms with Gasteiger partial charge in [-0.05, 0) is 23.6 Å². The fourth-order valence-corrected chi connectivity index (χ4v) is 1.97. The minimum atomic E-state index is -0.515. The number of hydrogen-bond acceptors (Lipinski definition) is 3. The molecule has 0 unspecified atom stereocenters. The van der Waals surface area contributed by atoms with Gasteiger partial charge in [0, 0.05) is 5.39 Å². The third kappa shape index (κ3) is 2.47. The molecule has 0 aliphatic heterocycles. The summed E-state index contributed by atoms with van der Waals surface area (Å²) < 4.78 is 0. The number of fused-ring (bicyclic) bond motifs is 1. The maximum Gasteiger partial charge on any atom is 0.386 e. The van der Waals surface area contributed by atoms with Crippen molar-refractivity contribution in [3.05, 3.63) is 78.4 Å². The second kappa shape index (κ2) is 5.45. The fraction of sp³-hybridized carbons (Fsp3) is 0. The quantitative estimate of drug-likeness (QED) is 0.530. The minimum Gasteiger partial charge on any atom is -0.286 e. The molecule has 0 bridgehead atoms. The highest BCUT2D eigenvalue weighted by Crippen LogP contribution is 2.25. The Bertz CT molecular complexity index is 730. The molecule has 3 heteroatoms. The average Bonchev–Trinajstić information content (AvgIpc) is 2.53. The van der Waals surface area contributed by atoms with Crippen LogP contribution in [0.3, 0.4) is 0 Å². The molecule has 20 heavy (non-hydrogen) atoms. The Kier molecular flexibility index (Phi) is 3.33. The Balaban J connectivity index is 1.79. The van der Waals surface area contributed by atoms with E-state index in [1.54, 1.807) is 30.3 Å². The number of benzene rings is 3. The molecule has 0 N–H and O–H groups in total. The van der Waals surface area contributed by atoms with E-state index in [1.807, 2.05) is 42.5 Å². The normalized spacial score (nSPS) is 10.2. The third-order valence-corrected chi connectivity index (χ3v) is 2.97. The number of carbonyl (C=O) groups excluding carboxylic acids is 1. The maximum atomic E-state index is 11.8. The van der Waals surface area contributed by atoms with Crippen LogP contribution >= 0.6 is 0 Å². The molecular formula is C17H12O3. The number of rotatable bonds is 3. The van der Waals surface area contributed by atoms with Crippen molar-refractivity contribution in [3.8, 4) is 5.75 Å². The van der Waals surface area contributed by atoms with E-state index >= 15 is 0 Å². The summed E-state index contributed by atoms with van der Waals surface area (Å²) in [5.74, 6) is 0.00548. The summed E-state index contributed by atoms with van der Waals surface area (Å²) in [5.41, 5.74) is 0.452. The molecule has 3 aromatic rings. The van der Waals surface area contributed by atoms with Crippen molar-refractivity contribution in [2.45, 2.75) is 0 Å². The van der Waals surface area contributed by atoms with Crippen LogP contribution in [0.25, 0.3) is 10.8 Å². The second-order valence-electron chi connectivity index (χ2n) is 4.30. The number of hydrogen-bond donors (Lipinski definition) is 0. The van der Waals surface area contributed by atoms with E-state index in [1.165, 1.54) is 0 Å². The van der Waals surface area contributed by atoms with Gasteiger partial charge in [-0.25, -0.2) is 9.68 Å². The summed E-state index contributed by atoms with van der Waals surface area (Å²) in [6, 6.07) is 22.1. The van der Waals surface area contributed by atoms with E-state index in [2.05, 4.69) is 0 Å². The molecule has 0 heterocycles. The van der Waals surface area contributed by atoms with Gasteiger partial charge in [-0.15, -0.1) is 0 Å². The zero-order valence-electron chi connectivity index (χ0n) is 10.7. The molecular weight excluding hydrogens is 252 g/mol. The molecule has 3 rings (SSSR count). The first-order valence-corrected chi connectivity index (χ1v) is 6.26. The van der Waals surface area contributed by atoms with Crippen LogP contribution in [-0.2, 0) is 4.89 Å². The molecule has 0 aliphatic carbocycles. The topological polar surface area (TPSA) is 35.5 Å². The molecule has 3 aromatic carbocycles. The molecule has 0 aliphatic rings. The van der Waals surface area contributed by atoms with E-state index in [-0.39, 0.29) is 0 Å². The van der Waals surface area contributed by atoms with Gasteiger partial charge in [0.25, 0.3) is 0 Å².